The van der Waals surface area contributed by atoms with E-state index >= 15 is 0 Å². The van der Waals surface area contributed by atoms with Crippen molar-refractivity contribution in [1.82, 2.24) is 9.88 Å². The van der Waals surface area contributed by atoms with Gasteiger partial charge in [0.25, 0.3) is 0 Å². The fraction of sp³-hybridized carbons (Fsp3) is 0.409. The minimum atomic E-state index is 0.385. The number of ether oxygens (including phenoxy) is 1. The molecule has 3 aromatic rings. The summed E-state index contributed by atoms with van der Waals surface area (Å²) < 4.78 is 5.44. The van der Waals surface area contributed by atoms with Crippen LogP contribution in [-0.4, -0.2) is 43.7 Å². The second-order valence-electron chi connectivity index (χ2n) is 7.38. The first-order chi connectivity index (χ1) is 12.5. The van der Waals surface area contributed by atoms with Crippen LogP contribution in [-0.2, 0) is 0 Å². The fourth-order valence-corrected chi connectivity index (χ4v) is 3.35. The van der Waals surface area contributed by atoms with Crippen molar-refractivity contribution in [2.45, 2.75) is 32.7 Å². The van der Waals surface area contributed by atoms with Gasteiger partial charge in [0, 0.05) is 16.8 Å². The fourth-order valence-electron chi connectivity index (χ4n) is 3.35. The Balaban J connectivity index is 2.03. The molecule has 0 aliphatic carbocycles. The molecule has 4 heteroatoms. The van der Waals surface area contributed by atoms with Crippen molar-refractivity contribution in [3.05, 3.63) is 42.0 Å². The lowest BCUT2D eigenvalue weighted by Crippen LogP contribution is -2.19. The van der Waals surface area contributed by atoms with Crippen LogP contribution < -0.4 is 10.1 Å². The van der Waals surface area contributed by atoms with Crippen molar-refractivity contribution in [2.24, 2.45) is 0 Å². The van der Waals surface area contributed by atoms with Gasteiger partial charge in [-0.25, -0.2) is 4.98 Å². The van der Waals surface area contributed by atoms with Crippen LogP contribution in [0.25, 0.3) is 21.8 Å². The topological polar surface area (TPSA) is 37.4 Å². The third-order valence-corrected chi connectivity index (χ3v) is 4.77. The third-order valence-electron chi connectivity index (χ3n) is 4.77. The number of pyridine rings is 1. The Hall–Kier alpha value is -2.33. The number of aromatic nitrogens is 1. The van der Waals surface area contributed by atoms with Gasteiger partial charge in [-0.05, 0) is 77.2 Å². The molecule has 0 aliphatic rings. The van der Waals surface area contributed by atoms with Crippen LogP contribution in [0.3, 0.4) is 0 Å². The highest BCUT2D eigenvalue weighted by Gasteiger charge is 2.13. The van der Waals surface area contributed by atoms with E-state index in [9.17, 15) is 0 Å². The van der Waals surface area contributed by atoms with E-state index in [0.29, 0.717) is 6.04 Å². The number of hydrogen-bond donors (Lipinski definition) is 1. The predicted molar refractivity (Wildman–Crippen MR) is 111 cm³/mol. The largest absolute Gasteiger partial charge is 0.497 e. The Labute approximate surface area is 156 Å². The molecule has 0 saturated carbocycles. The van der Waals surface area contributed by atoms with Gasteiger partial charge in [0.2, 0.25) is 0 Å². The Morgan fingerprint density at radius 1 is 1.08 bits per heavy atom. The maximum Gasteiger partial charge on any atom is 0.119 e. The van der Waals surface area contributed by atoms with Crippen molar-refractivity contribution in [2.75, 3.05) is 33.1 Å². The van der Waals surface area contributed by atoms with Gasteiger partial charge in [-0.3, -0.25) is 0 Å². The van der Waals surface area contributed by atoms with Gasteiger partial charge in [-0.1, -0.05) is 12.1 Å². The van der Waals surface area contributed by atoms with E-state index in [1.807, 2.05) is 12.1 Å². The lowest BCUT2D eigenvalue weighted by molar-refractivity contribution is 0.390. The number of nitrogens with one attached hydrogen (secondary N) is 1. The van der Waals surface area contributed by atoms with Crippen LogP contribution in [0.5, 0.6) is 5.75 Å². The van der Waals surface area contributed by atoms with Crippen molar-refractivity contribution >= 4 is 27.5 Å². The third kappa shape index (κ3) is 4.07. The van der Waals surface area contributed by atoms with Crippen LogP contribution in [0.4, 0.5) is 5.69 Å². The van der Waals surface area contributed by atoms with Gasteiger partial charge in [0.15, 0.2) is 0 Å². The number of nitrogens with zero attached hydrogens (tertiary/aromatic N) is 2. The smallest absolute Gasteiger partial charge is 0.119 e. The summed E-state index contributed by atoms with van der Waals surface area (Å²) in [5.41, 5.74) is 4.40. The van der Waals surface area contributed by atoms with Crippen LogP contribution in [0.1, 0.15) is 25.3 Å². The molecule has 0 fully saturated rings. The zero-order valence-corrected chi connectivity index (χ0v) is 16.5. The molecular weight excluding hydrogens is 322 g/mol. The molecule has 1 N–H and O–H groups in total. The van der Waals surface area contributed by atoms with E-state index in [0.717, 1.165) is 46.2 Å². The monoisotopic (exact) mass is 351 g/mol. The highest BCUT2D eigenvalue weighted by Crippen LogP contribution is 2.34. The molecule has 138 valence electrons. The molecule has 4 nitrogen and oxygen atoms in total. The van der Waals surface area contributed by atoms with E-state index in [-0.39, 0.29) is 0 Å². The molecule has 0 aliphatic heterocycles. The van der Waals surface area contributed by atoms with Crippen LogP contribution in [0, 0.1) is 6.92 Å². The maximum atomic E-state index is 5.44. The first-order valence-corrected chi connectivity index (χ1v) is 9.27. The molecule has 26 heavy (non-hydrogen) atoms. The number of methoxy groups -OCH3 is 1. The summed E-state index contributed by atoms with van der Waals surface area (Å²) in [4.78, 5) is 7.10. The number of benzene rings is 2. The van der Waals surface area contributed by atoms with Gasteiger partial charge in [0.05, 0.1) is 23.8 Å². The maximum absolute atomic E-state index is 5.44. The van der Waals surface area contributed by atoms with Crippen LogP contribution in [0.2, 0.25) is 0 Å². The number of rotatable bonds is 7. The highest BCUT2D eigenvalue weighted by molar-refractivity contribution is 6.08. The van der Waals surface area contributed by atoms with E-state index in [1.54, 1.807) is 7.11 Å². The van der Waals surface area contributed by atoms with E-state index in [1.165, 1.54) is 12.0 Å². The Morgan fingerprint density at radius 2 is 1.88 bits per heavy atom. The summed E-state index contributed by atoms with van der Waals surface area (Å²) in [5.74, 6) is 0.856. The Kier molecular flexibility index (Phi) is 5.62. The van der Waals surface area contributed by atoms with Crippen molar-refractivity contribution in [3.8, 4) is 5.75 Å². The quantitative estimate of drug-likeness (QED) is 0.618. The number of fused-ring (bicyclic) bond motifs is 2. The lowest BCUT2D eigenvalue weighted by atomic mass is 10.0. The minimum Gasteiger partial charge on any atom is -0.497 e. The van der Waals surface area contributed by atoms with Gasteiger partial charge < -0.3 is 15.0 Å². The molecule has 0 radical (unpaired) electrons. The van der Waals surface area contributed by atoms with Crippen LogP contribution in [0.15, 0.2) is 36.4 Å². The zero-order valence-electron chi connectivity index (χ0n) is 16.5. The standard InChI is InChI=1S/C22H29N3O/c1-15-8-10-18-21(13-15)24-20-11-9-17(26-5)14-19(20)22(18)23-16(2)7-6-12-25(3)4/h8-11,13-14,16H,6-7,12H2,1-5H3,(H,23,24). The first-order valence-electron chi connectivity index (χ1n) is 9.27. The first kappa shape index (κ1) is 18.5. The van der Waals surface area contributed by atoms with Crippen molar-refractivity contribution in [3.63, 3.8) is 0 Å². The molecule has 1 unspecified atom stereocenters. The Morgan fingerprint density at radius 3 is 2.62 bits per heavy atom. The summed E-state index contributed by atoms with van der Waals surface area (Å²) in [6, 6.07) is 13.0. The van der Waals surface area contributed by atoms with E-state index in [2.05, 4.69) is 62.4 Å². The number of aryl methyl sites for hydroxylation is 1. The van der Waals surface area contributed by atoms with Crippen LogP contribution >= 0.6 is 0 Å². The molecule has 2 aromatic carbocycles. The second kappa shape index (κ2) is 7.92. The van der Waals surface area contributed by atoms with Gasteiger partial charge >= 0.3 is 0 Å². The molecule has 1 aromatic heterocycles. The van der Waals surface area contributed by atoms with Crippen molar-refractivity contribution < 1.29 is 4.74 Å². The van der Waals surface area contributed by atoms with Crippen molar-refractivity contribution in [1.29, 1.82) is 0 Å². The summed E-state index contributed by atoms with van der Waals surface area (Å²) in [5, 5.41) is 6.03. The summed E-state index contributed by atoms with van der Waals surface area (Å²) in [6.45, 7) is 5.47. The number of hydrogen-bond acceptors (Lipinski definition) is 4. The lowest BCUT2D eigenvalue weighted by Gasteiger charge is -2.20. The molecule has 0 saturated heterocycles. The van der Waals surface area contributed by atoms with Gasteiger partial charge in [-0.2, -0.15) is 0 Å². The van der Waals surface area contributed by atoms with Gasteiger partial charge in [-0.15, -0.1) is 0 Å². The summed E-state index contributed by atoms with van der Waals surface area (Å²) in [6.07, 6.45) is 2.30. The molecular formula is C22H29N3O. The zero-order chi connectivity index (χ0) is 18.7. The average Bonchev–Trinajstić information content (AvgIpc) is 2.60. The molecule has 3 rings (SSSR count). The highest BCUT2D eigenvalue weighted by atomic mass is 16.5. The molecule has 0 spiro atoms. The molecule has 1 atom stereocenters. The second-order valence-corrected chi connectivity index (χ2v) is 7.38. The Bertz CT molecular complexity index is 905. The van der Waals surface area contributed by atoms with Gasteiger partial charge in [0.1, 0.15) is 5.75 Å². The summed E-state index contributed by atoms with van der Waals surface area (Å²) in [7, 11) is 5.95. The molecule has 1 heterocycles. The average molecular weight is 351 g/mol. The predicted octanol–water partition coefficient (Wildman–Crippen LogP) is 4.85. The SMILES string of the molecule is COc1ccc2nc3cc(C)ccc3c(NC(C)CCCN(C)C)c2c1. The van der Waals surface area contributed by atoms with E-state index < -0.39 is 0 Å². The number of anilines is 1. The molecule has 0 amide bonds. The summed E-state index contributed by atoms with van der Waals surface area (Å²) >= 11 is 0. The minimum absolute atomic E-state index is 0.385. The molecule has 0 bridgehead atoms. The normalized spacial score (nSPS) is 12.7. The van der Waals surface area contributed by atoms with E-state index in [4.69, 9.17) is 9.72 Å².